The number of carbonyl (C=O) groups excluding carboxylic acids is 1. The first-order chi connectivity index (χ1) is 6.47. The minimum Gasteiger partial charge on any atom is -0.342 e. The smallest absolute Gasteiger partial charge is 0.223 e. The zero-order valence-electron chi connectivity index (χ0n) is 10.3. The zero-order valence-corrected chi connectivity index (χ0v) is 11.1. The predicted octanol–water partition coefficient (Wildman–Crippen LogP) is 1.90. The van der Waals surface area contributed by atoms with Crippen molar-refractivity contribution in [3.63, 3.8) is 0 Å². The molecule has 4 heteroatoms. The molecule has 0 aliphatic carbocycles. The van der Waals surface area contributed by atoms with Crippen molar-refractivity contribution < 1.29 is 4.79 Å². The summed E-state index contributed by atoms with van der Waals surface area (Å²) in [6.07, 6.45) is 0.472. The van der Waals surface area contributed by atoms with Crippen LogP contribution in [0, 0.1) is 11.8 Å². The number of nitrogens with zero attached hydrogens (tertiary/aromatic N) is 1. The topological polar surface area (TPSA) is 46.3 Å². The number of hydrogen-bond donors (Lipinski definition) is 1. The van der Waals surface area contributed by atoms with Crippen LogP contribution < -0.4 is 5.73 Å². The highest BCUT2D eigenvalue weighted by atomic mass is 35.5. The summed E-state index contributed by atoms with van der Waals surface area (Å²) < 4.78 is 0. The van der Waals surface area contributed by atoms with Gasteiger partial charge in [-0.3, -0.25) is 4.79 Å². The summed E-state index contributed by atoms with van der Waals surface area (Å²) in [5.74, 6) is 1.24. The van der Waals surface area contributed by atoms with Crippen molar-refractivity contribution in [3.05, 3.63) is 0 Å². The van der Waals surface area contributed by atoms with Crippen molar-refractivity contribution in [2.45, 2.75) is 34.1 Å². The van der Waals surface area contributed by atoms with Gasteiger partial charge in [-0.2, -0.15) is 0 Å². The summed E-state index contributed by atoms with van der Waals surface area (Å²) in [4.78, 5) is 13.6. The van der Waals surface area contributed by atoms with Crippen LogP contribution in [-0.2, 0) is 4.79 Å². The van der Waals surface area contributed by atoms with E-state index in [2.05, 4.69) is 27.7 Å². The number of rotatable bonds is 6. The lowest BCUT2D eigenvalue weighted by molar-refractivity contribution is -0.132. The molecule has 0 aromatic rings. The van der Waals surface area contributed by atoms with Gasteiger partial charge < -0.3 is 10.6 Å². The highest BCUT2D eigenvalue weighted by Gasteiger charge is 2.14. The standard InChI is InChI=1S/C11H24N2O.ClH/c1-9(2)7-13(8-10(3)4)11(14)5-6-12;/h9-10H,5-8,12H2,1-4H3;1H. The van der Waals surface area contributed by atoms with Crippen LogP contribution in [0.4, 0.5) is 0 Å². The minimum atomic E-state index is 0. The molecule has 15 heavy (non-hydrogen) atoms. The normalized spacial score (nSPS) is 10.3. The quantitative estimate of drug-likeness (QED) is 0.766. The fraction of sp³-hybridized carbons (Fsp3) is 0.909. The summed E-state index contributed by atoms with van der Waals surface area (Å²) in [6.45, 7) is 10.7. The van der Waals surface area contributed by atoms with Crippen molar-refractivity contribution in [1.29, 1.82) is 0 Å². The van der Waals surface area contributed by atoms with E-state index in [1.807, 2.05) is 4.90 Å². The molecule has 0 aromatic carbocycles. The molecule has 0 atom stereocenters. The largest absolute Gasteiger partial charge is 0.342 e. The average molecular weight is 237 g/mol. The van der Waals surface area contributed by atoms with E-state index in [0.29, 0.717) is 24.8 Å². The third-order valence-electron chi connectivity index (χ3n) is 1.88. The Kier molecular flexibility index (Phi) is 10.3. The van der Waals surface area contributed by atoms with Gasteiger partial charge in [0.15, 0.2) is 0 Å². The van der Waals surface area contributed by atoms with Gasteiger partial charge >= 0.3 is 0 Å². The Morgan fingerprint density at radius 2 is 1.53 bits per heavy atom. The molecule has 0 aliphatic heterocycles. The van der Waals surface area contributed by atoms with Gasteiger partial charge in [0.2, 0.25) is 5.91 Å². The van der Waals surface area contributed by atoms with Crippen LogP contribution >= 0.6 is 12.4 Å². The second-order valence-corrected chi connectivity index (χ2v) is 4.63. The number of nitrogens with two attached hydrogens (primary N) is 1. The summed E-state index contributed by atoms with van der Waals surface area (Å²) in [6, 6.07) is 0. The zero-order chi connectivity index (χ0) is 11.1. The highest BCUT2D eigenvalue weighted by molar-refractivity contribution is 5.85. The van der Waals surface area contributed by atoms with Crippen molar-refractivity contribution in [3.8, 4) is 0 Å². The Balaban J connectivity index is 0. The van der Waals surface area contributed by atoms with E-state index in [9.17, 15) is 4.79 Å². The van der Waals surface area contributed by atoms with Gasteiger partial charge in [-0.25, -0.2) is 0 Å². The molecule has 0 spiro atoms. The van der Waals surface area contributed by atoms with Crippen LogP contribution in [0.15, 0.2) is 0 Å². The molecular weight excluding hydrogens is 212 g/mol. The molecule has 92 valence electrons. The summed E-state index contributed by atoms with van der Waals surface area (Å²) in [5, 5.41) is 0. The van der Waals surface area contributed by atoms with Crippen molar-refractivity contribution in [2.75, 3.05) is 19.6 Å². The molecule has 0 saturated carbocycles. The Morgan fingerprint density at radius 3 is 1.80 bits per heavy atom. The van der Waals surface area contributed by atoms with Gasteiger partial charge in [0.05, 0.1) is 0 Å². The van der Waals surface area contributed by atoms with Crippen LogP contribution in [0.1, 0.15) is 34.1 Å². The minimum absolute atomic E-state index is 0. The molecule has 0 aromatic heterocycles. The van der Waals surface area contributed by atoms with Crippen molar-refractivity contribution in [1.82, 2.24) is 4.90 Å². The highest BCUT2D eigenvalue weighted by Crippen LogP contribution is 2.05. The van der Waals surface area contributed by atoms with E-state index in [-0.39, 0.29) is 18.3 Å². The lowest BCUT2D eigenvalue weighted by atomic mass is 10.1. The molecule has 0 saturated heterocycles. The van der Waals surface area contributed by atoms with E-state index >= 15 is 0 Å². The molecule has 3 nitrogen and oxygen atoms in total. The number of amides is 1. The maximum Gasteiger partial charge on any atom is 0.223 e. The van der Waals surface area contributed by atoms with E-state index in [1.165, 1.54) is 0 Å². The second-order valence-electron chi connectivity index (χ2n) is 4.63. The molecule has 0 bridgehead atoms. The molecule has 1 amide bonds. The third-order valence-corrected chi connectivity index (χ3v) is 1.88. The third kappa shape index (κ3) is 8.70. The van der Waals surface area contributed by atoms with Crippen LogP contribution in [-0.4, -0.2) is 30.4 Å². The van der Waals surface area contributed by atoms with Crippen LogP contribution in [0.5, 0.6) is 0 Å². The van der Waals surface area contributed by atoms with E-state index in [0.717, 1.165) is 13.1 Å². The lowest BCUT2D eigenvalue weighted by Gasteiger charge is -2.26. The first-order valence-electron chi connectivity index (χ1n) is 5.45. The van der Waals surface area contributed by atoms with Crippen LogP contribution in [0.2, 0.25) is 0 Å². The monoisotopic (exact) mass is 236 g/mol. The van der Waals surface area contributed by atoms with E-state index in [4.69, 9.17) is 5.73 Å². The summed E-state index contributed by atoms with van der Waals surface area (Å²) in [7, 11) is 0. The average Bonchev–Trinajstić information content (AvgIpc) is 2.01. The molecular formula is C11H25ClN2O. The van der Waals surface area contributed by atoms with Gasteiger partial charge in [-0.05, 0) is 11.8 Å². The summed E-state index contributed by atoms with van der Waals surface area (Å²) in [5.41, 5.74) is 5.38. The number of carbonyl (C=O) groups is 1. The van der Waals surface area contributed by atoms with E-state index < -0.39 is 0 Å². The Hall–Kier alpha value is -0.280. The lowest BCUT2D eigenvalue weighted by Crippen LogP contribution is -2.37. The number of halogens is 1. The molecule has 0 heterocycles. The van der Waals surface area contributed by atoms with E-state index in [1.54, 1.807) is 0 Å². The molecule has 2 N–H and O–H groups in total. The molecule has 0 rings (SSSR count). The fourth-order valence-corrected chi connectivity index (χ4v) is 1.44. The Morgan fingerprint density at radius 1 is 1.13 bits per heavy atom. The van der Waals surface area contributed by atoms with Crippen LogP contribution in [0.25, 0.3) is 0 Å². The summed E-state index contributed by atoms with van der Waals surface area (Å²) >= 11 is 0. The van der Waals surface area contributed by atoms with Crippen molar-refractivity contribution >= 4 is 18.3 Å². The fourth-order valence-electron chi connectivity index (χ4n) is 1.44. The number of hydrogen-bond acceptors (Lipinski definition) is 2. The first-order valence-corrected chi connectivity index (χ1v) is 5.45. The van der Waals surface area contributed by atoms with Gasteiger partial charge in [-0.15, -0.1) is 12.4 Å². The maximum atomic E-state index is 11.7. The molecule has 0 aliphatic rings. The SMILES string of the molecule is CC(C)CN(CC(C)C)C(=O)CCN.Cl. The van der Waals surface area contributed by atoms with Gasteiger partial charge in [-0.1, -0.05) is 27.7 Å². The van der Waals surface area contributed by atoms with Crippen molar-refractivity contribution in [2.24, 2.45) is 17.6 Å². The maximum absolute atomic E-state index is 11.7. The molecule has 0 unspecified atom stereocenters. The predicted molar refractivity (Wildman–Crippen MR) is 67.2 cm³/mol. The Labute approximate surface area is 99.8 Å². The molecule has 0 radical (unpaired) electrons. The Bertz CT molecular complexity index is 162. The first kappa shape index (κ1) is 17.1. The van der Waals surface area contributed by atoms with Gasteiger partial charge in [0.1, 0.15) is 0 Å². The second kappa shape index (κ2) is 8.98. The van der Waals surface area contributed by atoms with Gasteiger partial charge in [0, 0.05) is 26.1 Å². The van der Waals surface area contributed by atoms with Gasteiger partial charge in [0.25, 0.3) is 0 Å². The molecule has 0 fully saturated rings. The van der Waals surface area contributed by atoms with Crippen LogP contribution in [0.3, 0.4) is 0 Å².